The van der Waals surface area contributed by atoms with Crippen LogP contribution in [0.15, 0.2) is 41.4 Å². The molecule has 1 amide bonds. The van der Waals surface area contributed by atoms with Gasteiger partial charge in [0.25, 0.3) is 0 Å². The van der Waals surface area contributed by atoms with E-state index in [-0.39, 0.29) is 26.1 Å². The van der Waals surface area contributed by atoms with Gasteiger partial charge < -0.3 is 9.64 Å². The Labute approximate surface area is 251 Å². The first kappa shape index (κ1) is 30.2. The van der Waals surface area contributed by atoms with Gasteiger partial charge in [0, 0.05) is 29.6 Å². The third kappa shape index (κ3) is 5.15. The summed E-state index contributed by atoms with van der Waals surface area (Å²) in [6.07, 6.45) is 7.42. The lowest BCUT2D eigenvalue weighted by molar-refractivity contribution is -0.125. The molecule has 0 radical (unpaired) electrons. The van der Waals surface area contributed by atoms with E-state index in [0.29, 0.717) is 32.7 Å². The second kappa shape index (κ2) is 11.6. The molecule has 13 heteroatoms. The Hall–Kier alpha value is -3.84. The number of carbonyl (C=O) groups is 2. The zero-order valence-corrected chi connectivity index (χ0v) is 24.6. The van der Waals surface area contributed by atoms with Crippen molar-refractivity contribution in [3.05, 3.63) is 87.7 Å². The van der Waals surface area contributed by atoms with Crippen molar-refractivity contribution in [2.45, 2.75) is 75.5 Å². The highest BCUT2D eigenvalue weighted by atomic mass is 32.2. The summed E-state index contributed by atoms with van der Waals surface area (Å²) in [5.74, 6) is -8.61. The molecular weight excluding hydrogens is 602 g/mol. The van der Waals surface area contributed by atoms with Crippen molar-refractivity contribution in [2.75, 3.05) is 11.4 Å². The number of anilines is 1. The summed E-state index contributed by atoms with van der Waals surface area (Å²) in [5, 5.41) is 0. The number of hydrogen-bond donors (Lipinski definition) is 0. The van der Waals surface area contributed by atoms with Gasteiger partial charge in [0.2, 0.25) is 15.9 Å². The van der Waals surface area contributed by atoms with Crippen molar-refractivity contribution in [3.8, 4) is 0 Å². The lowest BCUT2D eigenvalue weighted by Gasteiger charge is -2.41. The summed E-state index contributed by atoms with van der Waals surface area (Å²) < 4.78 is 90.4. The Kier molecular flexibility index (Phi) is 7.95. The van der Waals surface area contributed by atoms with Crippen molar-refractivity contribution in [2.24, 2.45) is 0 Å². The Morgan fingerprint density at radius 1 is 1.00 bits per heavy atom. The Balaban J connectivity index is 1.33. The molecule has 1 aromatic heterocycles. The van der Waals surface area contributed by atoms with Crippen molar-refractivity contribution in [1.29, 1.82) is 0 Å². The van der Waals surface area contributed by atoms with Gasteiger partial charge in [-0.25, -0.2) is 30.8 Å². The quantitative estimate of drug-likeness (QED) is 0.190. The van der Waals surface area contributed by atoms with E-state index >= 15 is 0 Å². The Morgan fingerprint density at radius 3 is 2.32 bits per heavy atom. The monoisotopic (exact) mass is 631 g/mol. The van der Waals surface area contributed by atoms with E-state index in [1.165, 1.54) is 23.5 Å². The van der Waals surface area contributed by atoms with Crippen molar-refractivity contribution in [3.63, 3.8) is 0 Å². The first-order chi connectivity index (χ1) is 21.0. The van der Waals surface area contributed by atoms with Crippen LogP contribution in [0.2, 0.25) is 0 Å². The number of benzene rings is 2. The fourth-order valence-electron chi connectivity index (χ4n) is 6.10. The van der Waals surface area contributed by atoms with Crippen LogP contribution in [0.25, 0.3) is 0 Å². The predicted octanol–water partition coefficient (Wildman–Crippen LogP) is 5.66. The zero-order chi connectivity index (χ0) is 31.3. The van der Waals surface area contributed by atoms with Crippen LogP contribution >= 0.6 is 0 Å². The van der Waals surface area contributed by atoms with Crippen LogP contribution < -0.4 is 4.90 Å². The van der Waals surface area contributed by atoms with Crippen molar-refractivity contribution < 1.29 is 40.3 Å². The fraction of sp³-hybridized carbons (Fsp3) is 0.387. The average Bonchev–Trinajstić information content (AvgIpc) is 3.37. The zero-order valence-electron chi connectivity index (χ0n) is 23.8. The Morgan fingerprint density at radius 2 is 1.70 bits per heavy atom. The number of halogens is 4. The van der Waals surface area contributed by atoms with E-state index in [2.05, 4.69) is 4.98 Å². The molecule has 2 aromatic carbocycles. The van der Waals surface area contributed by atoms with E-state index in [1.807, 2.05) is 6.07 Å². The number of ether oxygens (including phenoxy) is 1. The summed E-state index contributed by atoms with van der Waals surface area (Å²) in [5.41, 5.74) is 1.77. The number of rotatable bonds is 7. The minimum atomic E-state index is -5.17. The van der Waals surface area contributed by atoms with Crippen LogP contribution in [-0.2, 0) is 32.7 Å². The molecule has 3 heterocycles. The molecule has 1 atom stereocenters. The topological polar surface area (TPSA) is 96.9 Å². The van der Waals surface area contributed by atoms with Crippen LogP contribution in [0.5, 0.6) is 0 Å². The van der Waals surface area contributed by atoms with Crippen LogP contribution in [0.1, 0.15) is 77.2 Å². The van der Waals surface area contributed by atoms with E-state index < -0.39 is 61.7 Å². The highest BCUT2D eigenvalue weighted by Crippen LogP contribution is 2.36. The molecule has 2 aliphatic heterocycles. The molecule has 6 rings (SSSR count). The largest absolute Gasteiger partial charge is 0.457 e. The number of carbonyl (C=O) groups excluding carboxylic acids is 2. The van der Waals surface area contributed by atoms with Gasteiger partial charge in [-0.1, -0.05) is 25.3 Å². The lowest BCUT2D eigenvalue weighted by atomic mass is 9.85. The fourth-order valence-corrected chi connectivity index (χ4v) is 7.84. The molecule has 0 N–H and O–H groups in total. The van der Waals surface area contributed by atoms with E-state index in [1.54, 1.807) is 18.3 Å². The molecule has 1 saturated carbocycles. The number of pyridine rings is 1. The molecule has 3 aliphatic rings. The van der Waals surface area contributed by atoms with E-state index in [0.717, 1.165) is 38.2 Å². The van der Waals surface area contributed by atoms with Crippen LogP contribution in [0, 0.1) is 30.2 Å². The standard InChI is InChI=1S/C31H29F4N3O5S/c1-17-25(32)27(34)29(28(35)26(17)33)44(41,42)38-12-11-24(38)30(39)37(22-9-10-23-20(13-22)16-43-31(23)40)15-21-8-7-19(14-36-21)18-5-3-2-4-6-18/h7-10,13-14,18,24H,2-6,11-12,15-16H2,1H3/t24-/m1/s1. The lowest BCUT2D eigenvalue weighted by Crippen LogP contribution is -2.59. The van der Waals surface area contributed by atoms with Gasteiger partial charge in [-0.05, 0) is 61.9 Å². The summed E-state index contributed by atoms with van der Waals surface area (Å²) in [4.78, 5) is 30.1. The maximum Gasteiger partial charge on any atom is 0.338 e. The normalized spacial score (nSPS) is 18.9. The van der Waals surface area contributed by atoms with E-state index in [9.17, 15) is 35.6 Å². The second-order valence-electron chi connectivity index (χ2n) is 11.4. The summed E-state index contributed by atoms with van der Waals surface area (Å²) >= 11 is 0. The van der Waals surface area contributed by atoms with Crippen LogP contribution in [-0.4, -0.2) is 42.2 Å². The molecule has 232 valence electrons. The number of hydrogen-bond acceptors (Lipinski definition) is 6. The van der Waals surface area contributed by atoms with Gasteiger partial charge >= 0.3 is 5.97 Å². The summed E-state index contributed by atoms with van der Waals surface area (Å²) in [6, 6.07) is 6.93. The number of fused-ring (bicyclic) bond motifs is 1. The number of nitrogens with zero attached hydrogens (tertiary/aromatic N) is 3. The number of sulfonamides is 1. The SMILES string of the molecule is Cc1c(F)c(F)c(S(=O)(=O)N2CC[C@@H]2C(=O)N(Cc2ccc(C3CCCCC3)cn2)c2ccc3c(c2)COC3=O)c(F)c1F. The summed E-state index contributed by atoms with van der Waals surface area (Å²) in [7, 11) is -5.17. The molecule has 0 bridgehead atoms. The van der Waals surface area contributed by atoms with Crippen LogP contribution in [0.3, 0.4) is 0 Å². The molecule has 3 aromatic rings. The number of cyclic esters (lactones) is 1. The maximum absolute atomic E-state index is 14.8. The van der Waals surface area contributed by atoms with Gasteiger partial charge in [0.1, 0.15) is 12.6 Å². The number of aromatic nitrogens is 1. The average molecular weight is 632 g/mol. The predicted molar refractivity (Wildman–Crippen MR) is 150 cm³/mol. The first-order valence-corrected chi connectivity index (χ1v) is 15.8. The minimum Gasteiger partial charge on any atom is -0.457 e. The molecule has 0 spiro atoms. The van der Waals surface area contributed by atoms with Gasteiger partial charge in [0.15, 0.2) is 28.2 Å². The molecule has 2 fully saturated rings. The molecule has 0 unspecified atom stereocenters. The van der Waals surface area contributed by atoms with Gasteiger partial charge in [0.05, 0.1) is 17.8 Å². The van der Waals surface area contributed by atoms with Crippen LogP contribution in [0.4, 0.5) is 23.2 Å². The Bertz CT molecular complexity index is 1730. The molecule has 8 nitrogen and oxygen atoms in total. The highest BCUT2D eigenvalue weighted by molar-refractivity contribution is 7.89. The van der Waals surface area contributed by atoms with E-state index in [4.69, 9.17) is 4.74 Å². The van der Waals surface area contributed by atoms with Crippen molar-refractivity contribution >= 4 is 27.6 Å². The smallest absolute Gasteiger partial charge is 0.338 e. The second-order valence-corrected chi connectivity index (χ2v) is 13.2. The third-order valence-corrected chi connectivity index (χ3v) is 10.7. The minimum absolute atomic E-state index is 0.00475. The number of esters is 1. The van der Waals surface area contributed by atoms with Crippen molar-refractivity contribution in [1.82, 2.24) is 9.29 Å². The van der Waals surface area contributed by atoms with Gasteiger partial charge in [-0.15, -0.1) is 0 Å². The maximum atomic E-state index is 14.8. The molecular formula is C31H29F4N3O5S. The molecule has 44 heavy (non-hydrogen) atoms. The molecule has 1 aliphatic carbocycles. The molecule has 1 saturated heterocycles. The van der Waals surface area contributed by atoms with Gasteiger partial charge in [-0.3, -0.25) is 9.78 Å². The summed E-state index contributed by atoms with van der Waals surface area (Å²) in [6.45, 7) is 0.388. The third-order valence-electron chi connectivity index (χ3n) is 8.75. The first-order valence-electron chi connectivity index (χ1n) is 14.4. The number of amides is 1. The van der Waals surface area contributed by atoms with Gasteiger partial charge in [-0.2, -0.15) is 4.31 Å². The highest BCUT2D eigenvalue weighted by Gasteiger charge is 2.48.